The van der Waals surface area contributed by atoms with E-state index < -0.39 is 0 Å². The summed E-state index contributed by atoms with van der Waals surface area (Å²) < 4.78 is 0. The third kappa shape index (κ3) is 2.97. The maximum Gasteiger partial charge on any atom is 0.274 e. The van der Waals surface area contributed by atoms with E-state index in [4.69, 9.17) is 16.7 Å². The fraction of sp³-hybridized carbons (Fsp3) is 0.583. The molecule has 2 rings (SSSR count). The zero-order chi connectivity index (χ0) is 13.0. The van der Waals surface area contributed by atoms with Crippen LogP contribution in [0.5, 0.6) is 0 Å². The number of halogens is 1. The number of aromatic nitrogens is 2. The summed E-state index contributed by atoms with van der Waals surface area (Å²) in [5.74, 6) is -0.150. The average Bonchev–Trinajstić information content (AvgIpc) is 2.31. The van der Waals surface area contributed by atoms with Crippen molar-refractivity contribution in [3.8, 4) is 0 Å². The van der Waals surface area contributed by atoms with Gasteiger partial charge in [0, 0.05) is 19.2 Å². The average molecular weight is 270 g/mol. The standard InChI is InChI=1S/C12H16ClN3O2/c13-11-8-14-7-10(15-11)12(18)16(5-2-6-17)9-3-1-4-9/h7-9,17H,1-6H2. The van der Waals surface area contributed by atoms with Gasteiger partial charge in [0.15, 0.2) is 0 Å². The second-order valence-corrected chi connectivity index (χ2v) is 4.77. The van der Waals surface area contributed by atoms with E-state index in [0.29, 0.717) is 13.0 Å². The Bertz CT molecular complexity index is 424. The minimum absolute atomic E-state index is 0.0811. The van der Waals surface area contributed by atoms with Crippen LogP contribution < -0.4 is 0 Å². The first kappa shape index (κ1) is 13.2. The number of aliphatic hydroxyl groups excluding tert-OH is 1. The lowest BCUT2D eigenvalue weighted by atomic mass is 9.91. The predicted molar refractivity (Wildman–Crippen MR) is 67.4 cm³/mol. The van der Waals surface area contributed by atoms with Crippen LogP contribution in [0.1, 0.15) is 36.2 Å². The van der Waals surface area contributed by atoms with E-state index in [-0.39, 0.29) is 29.4 Å². The van der Waals surface area contributed by atoms with Crippen molar-refractivity contribution in [2.45, 2.75) is 31.7 Å². The molecule has 1 saturated carbocycles. The van der Waals surface area contributed by atoms with E-state index in [1.807, 2.05) is 0 Å². The van der Waals surface area contributed by atoms with Gasteiger partial charge in [0.1, 0.15) is 10.8 Å². The van der Waals surface area contributed by atoms with Crippen molar-refractivity contribution in [2.24, 2.45) is 0 Å². The van der Waals surface area contributed by atoms with Crippen LogP contribution in [0.15, 0.2) is 12.4 Å². The third-order valence-corrected chi connectivity index (χ3v) is 3.34. The molecule has 0 bridgehead atoms. The number of hydrogen-bond acceptors (Lipinski definition) is 4. The third-order valence-electron chi connectivity index (χ3n) is 3.16. The molecule has 5 nitrogen and oxygen atoms in total. The molecule has 0 aromatic carbocycles. The van der Waals surface area contributed by atoms with E-state index in [2.05, 4.69) is 9.97 Å². The fourth-order valence-electron chi connectivity index (χ4n) is 1.98. The zero-order valence-corrected chi connectivity index (χ0v) is 10.8. The van der Waals surface area contributed by atoms with E-state index >= 15 is 0 Å². The number of carbonyl (C=O) groups excluding carboxylic acids is 1. The Morgan fingerprint density at radius 2 is 2.28 bits per heavy atom. The molecule has 1 aromatic heterocycles. The number of hydrogen-bond donors (Lipinski definition) is 1. The first-order valence-corrected chi connectivity index (χ1v) is 6.49. The lowest BCUT2D eigenvalue weighted by molar-refractivity contribution is 0.0556. The highest BCUT2D eigenvalue weighted by Crippen LogP contribution is 2.26. The molecular weight excluding hydrogens is 254 g/mol. The van der Waals surface area contributed by atoms with Crippen LogP contribution >= 0.6 is 11.6 Å². The number of amides is 1. The summed E-state index contributed by atoms with van der Waals surface area (Å²) >= 11 is 5.74. The van der Waals surface area contributed by atoms with Gasteiger partial charge in [-0.25, -0.2) is 4.98 Å². The molecule has 6 heteroatoms. The van der Waals surface area contributed by atoms with Crippen molar-refractivity contribution in [3.05, 3.63) is 23.2 Å². The first-order valence-electron chi connectivity index (χ1n) is 6.11. The molecular formula is C12H16ClN3O2. The maximum absolute atomic E-state index is 12.3. The normalized spacial score (nSPS) is 15.2. The Balaban J connectivity index is 2.11. The molecule has 0 unspecified atom stereocenters. The molecule has 1 amide bonds. The van der Waals surface area contributed by atoms with Gasteiger partial charge in [-0.1, -0.05) is 11.6 Å². The quantitative estimate of drug-likeness (QED) is 0.880. The monoisotopic (exact) mass is 269 g/mol. The summed E-state index contributed by atoms with van der Waals surface area (Å²) in [5.41, 5.74) is 0.271. The van der Waals surface area contributed by atoms with Gasteiger partial charge in [0.05, 0.1) is 12.4 Å². The summed E-state index contributed by atoms with van der Waals surface area (Å²) in [7, 11) is 0. The number of carbonyl (C=O) groups is 1. The van der Waals surface area contributed by atoms with Gasteiger partial charge in [0.2, 0.25) is 0 Å². The summed E-state index contributed by atoms with van der Waals surface area (Å²) in [6.45, 7) is 0.631. The summed E-state index contributed by atoms with van der Waals surface area (Å²) in [6.07, 6.45) is 6.60. The SMILES string of the molecule is O=C(c1cncc(Cl)n1)N(CCCO)C1CCC1. The van der Waals surface area contributed by atoms with E-state index in [0.717, 1.165) is 19.3 Å². The maximum atomic E-state index is 12.3. The molecule has 0 aliphatic heterocycles. The Hall–Kier alpha value is -1.20. The molecule has 1 heterocycles. The number of nitrogens with zero attached hydrogens (tertiary/aromatic N) is 3. The van der Waals surface area contributed by atoms with Gasteiger partial charge < -0.3 is 10.0 Å². The van der Waals surface area contributed by atoms with Gasteiger partial charge in [-0.3, -0.25) is 9.78 Å². The lowest BCUT2D eigenvalue weighted by Gasteiger charge is -2.37. The van der Waals surface area contributed by atoms with Gasteiger partial charge in [-0.05, 0) is 25.7 Å². The Morgan fingerprint density at radius 3 is 2.83 bits per heavy atom. The smallest absolute Gasteiger partial charge is 0.274 e. The summed E-state index contributed by atoms with van der Waals surface area (Å²) in [6, 6.07) is 0.268. The van der Waals surface area contributed by atoms with Crippen LogP contribution in [-0.4, -0.2) is 45.1 Å². The second kappa shape index (κ2) is 6.11. The zero-order valence-electron chi connectivity index (χ0n) is 10.0. The van der Waals surface area contributed by atoms with Crippen LogP contribution in [0, 0.1) is 0 Å². The molecule has 1 fully saturated rings. The van der Waals surface area contributed by atoms with Crippen LogP contribution in [0.4, 0.5) is 0 Å². The molecule has 1 aromatic rings. The van der Waals surface area contributed by atoms with E-state index in [1.54, 1.807) is 4.90 Å². The highest BCUT2D eigenvalue weighted by molar-refractivity contribution is 6.29. The topological polar surface area (TPSA) is 66.3 Å². The first-order chi connectivity index (χ1) is 8.72. The van der Waals surface area contributed by atoms with Crippen molar-refractivity contribution in [2.75, 3.05) is 13.2 Å². The Labute approximate surface area is 111 Å². The number of rotatable bonds is 5. The fourth-order valence-corrected chi connectivity index (χ4v) is 2.13. The van der Waals surface area contributed by atoms with Gasteiger partial charge in [0.25, 0.3) is 5.91 Å². The molecule has 1 aliphatic carbocycles. The van der Waals surface area contributed by atoms with Crippen molar-refractivity contribution < 1.29 is 9.90 Å². The molecule has 0 saturated heterocycles. The molecule has 98 valence electrons. The molecule has 0 spiro atoms. The molecule has 1 aliphatic rings. The largest absolute Gasteiger partial charge is 0.396 e. The Morgan fingerprint density at radius 1 is 1.50 bits per heavy atom. The van der Waals surface area contributed by atoms with E-state index in [1.165, 1.54) is 12.4 Å². The molecule has 0 atom stereocenters. The molecule has 18 heavy (non-hydrogen) atoms. The van der Waals surface area contributed by atoms with Crippen molar-refractivity contribution in [3.63, 3.8) is 0 Å². The summed E-state index contributed by atoms with van der Waals surface area (Å²) in [5, 5.41) is 9.12. The molecule has 0 radical (unpaired) electrons. The number of aliphatic hydroxyl groups is 1. The van der Waals surface area contributed by atoms with Crippen LogP contribution in [-0.2, 0) is 0 Å². The summed E-state index contributed by atoms with van der Waals surface area (Å²) in [4.78, 5) is 22.0. The van der Waals surface area contributed by atoms with Crippen molar-refractivity contribution in [1.82, 2.24) is 14.9 Å². The van der Waals surface area contributed by atoms with Gasteiger partial charge in [-0.15, -0.1) is 0 Å². The van der Waals surface area contributed by atoms with Crippen molar-refractivity contribution >= 4 is 17.5 Å². The molecule has 1 N–H and O–H groups in total. The van der Waals surface area contributed by atoms with E-state index in [9.17, 15) is 4.79 Å². The highest BCUT2D eigenvalue weighted by atomic mass is 35.5. The minimum Gasteiger partial charge on any atom is -0.396 e. The van der Waals surface area contributed by atoms with Crippen molar-refractivity contribution in [1.29, 1.82) is 0 Å². The van der Waals surface area contributed by atoms with Gasteiger partial charge in [-0.2, -0.15) is 0 Å². The lowest BCUT2D eigenvalue weighted by Crippen LogP contribution is -2.45. The van der Waals surface area contributed by atoms with Gasteiger partial charge >= 0.3 is 0 Å². The second-order valence-electron chi connectivity index (χ2n) is 4.39. The highest BCUT2D eigenvalue weighted by Gasteiger charge is 2.29. The van der Waals surface area contributed by atoms with Crippen LogP contribution in [0.25, 0.3) is 0 Å². The predicted octanol–water partition coefficient (Wildman–Crippen LogP) is 1.51. The van der Waals surface area contributed by atoms with Crippen LogP contribution in [0.3, 0.4) is 0 Å². The Kier molecular flexibility index (Phi) is 4.49. The minimum atomic E-state index is -0.150. The van der Waals surface area contributed by atoms with Crippen LogP contribution in [0.2, 0.25) is 5.15 Å².